The molecule has 1 aliphatic heterocycles. The third-order valence-corrected chi connectivity index (χ3v) is 4.08. The Balaban J connectivity index is 1.96. The number of nitrogens with zero attached hydrogens (tertiary/aromatic N) is 3. The molecule has 0 aliphatic carbocycles. The monoisotopic (exact) mass is 348 g/mol. The fourth-order valence-electron chi connectivity index (χ4n) is 2.52. The van der Waals surface area contributed by atoms with E-state index in [2.05, 4.69) is 21.0 Å². The summed E-state index contributed by atoms with van der Waals surface area (Å²) < 4.78 is 2.32. The van der Waals surface area contributed by atoms with Gasteiger partial charge in [0, 0.05) is 25.2 Å². The molecule has 6 heteroatoms. The van der Waals surface area contributed by atoms with Crippen LogP contribution in [-0.4, -0.2) is 39.7 Å². The zero-order valence-corrected chi connectivity index (χ0v) is 13.4. The highest BCUT2D eigenvalue weighted by molar-refractivity contribution is 9.10. The number of aromatic nitrogens is 2. The van der Waals surface area contributed by atoms with E-state index in [0.29, 0.717) is 23.4 Å². The quantitative estimate of drug-likeness (QED) is 0.903. The minimum atomic E-state index is -0.0262. The SMILES string of the molecule is Cc1ccc(-n2nc(Br)cc2C(=O)N2CC[C@H](N)C2)cc1. The number of hydrogen-bond donors (Lipinski definition) is 1. The Bertz CT molecular complexity index is 665. The number of nitrogens with two attached hydrogens (primary N) is 1. The van der Waals surface area contributed by atoms with Gasteiger partial charge < -0.3 is 10.6 Å². The van der Waals surface area contributed by atoms with Crippen LogP contribution in [0.5, 0.6) is 0 Å². The van der Waals surface area contributed by atoms with Crippen molar-refractivity contribution in [2.75, 3.05) is 13.1 Å². The molecule has 2 heterocycles. The Morgan fingerprint density at radius 3 is 2.71 bits per heavy atom. The predicted octanol–water partition coefficient (Wildman–Crippen LogP) is 2.12. The molecule has 2 aromatic rings. The number of amides is 1. The third kappa shape index (κ3) is 2.87. The van der Waals surface area contributed by atoms with Gasteiger partial charge in [0.05, 0.1) is 5.69 Å². The predicted molar refractivity (Wildman–Crippen MR) is 84.5 cm³/mol. The van der Waals surface area contributed by atoms with Crippen LogP contribution in [0.4, 0.5) is 0 Å². The minimum Gasteiger partial charge on any atom is -0.336 e. The van der Waals surface area contributed by atoms with E-state index < -0.39 is 0 Å². The minimum absolute atomic E-state index is 0.0262. The van der Waals surface area contributed by atoms with Crippen molar-refractivity contribution in [2.24, 2.45) is 5.73 Å². The van der Waals surface area contributed by atoms with Gasteiger partial charge in [-0.15, -0.1) is 0 Å². The molecule has 0 radical (unpaired) electrons. The summed E-state index contributed by atoms with van der Waals surface area (Å²) in [5, 5.41) is 4.38. The maximum atomic E-state index is 12.7. The molecule has 1 fully saturated rings. The van der Waals surface area contributed by atoms with Gasteiger partial charge in [-0.1, -0.05) is 17.7 Å². The maximum absolute atomic E-state index is 12.7. The highest BCUT2D eigenvalue weighted by Crippen LogP contribution is 2.20. The van der Waals surface area contributed by atoms with E-state index in [1.165, 1.54) is 5.56 Å². The molecule has 0 saturated carbocycles. The van der Waals surface area contributed by atoms with Crippen LogP contribution in [0.1, 0.15) is 22.5 Å². The average Bonchev–Trinajstić information content (AvgIpc) is 3.05. The van der Waals surface area contributed by atoms with Gasteiger partial charge in [0.15, 0.2) is 0 Å². The summed E-state index contributed by atoms with van der Waals surface area (Å²) in [5.41, 5.74) is 8.48. The summed E-state index contributed by atoms with van der Waals surface area (Å²) in [6.45, 7) is 3.34. The van der Waals surface area contributed by atoms with E-state index in [0.717, 1.165) is 12.1 Å². The van der Waals surface area contributed by atoms with Crippen molar-refractivity contribution in [3.05, 3.63) is 46.2 Å². The van der Waals surface area contributed by atoms with Gasteiger partial charge >= 0.3 is 0 Å². The standard InChI is InChI=1S/C15H17BrN4O/c1-10-2-4-12(5-3-10)20-13(8-14(16)18-20)15(21)19-7-6-11(17)9-19/h2-5,8,11H,6-7,9,17H2,1H3/t11-/m0/s1. The molecule has 1 aliphatic rings. The van der Waals surface area contributed by atoms with Crippen LogP contribution in [0.3, 0.4) is 0 Å². The molecule has 3 rings (SSSR count). The largest absolute Gasteiger partial charge is 0.336 e. The lowest BCUT2D eigenvalue weighted by Gasteiger charge is -2.16. The molecule has 21 heavy (non-hydrogen) atoms. The van der Waals surface area contributed by atoms with E-state index in [4.69, 9.17) is 5.73 Å². The first-order chi connectivity index (χ1) is 10.0. The number of halogens is 1. The van der Waals surface area contributed by atoms with Gasteiger partial charge in [0.2, 0.25) is 0 Å². The second-order valence-corrected chi connectivity index (χ2v) is 6.21. The van der Waals surface area contributed by atoms with Crippen LogP contribution in [0, 0.1) is 6.92 Å². The summed E-state index contributed by atoms with van der Waals surface area (Å²) >= 11 is 3.36. The maximum Gasteiger partial charge on any atom is 0.272 e. The summed E-state index contributed by atoms with van der Waals surface area (Å²) in [7, 11) is 0. The summed E-state index contributed by atoms with van der Waals surface area (Å²) in [4.78, 5) is 14.4. The second-order valence-electron chi connectivity index (χ2n) is 5.40. The van der Waals surface area contributed by atoms with Crippen LogP contribution >= 0.6 is 15.9 Å². The summed E-state index contributed by atoms with van der Waals surface area (Å²) in [5.74, 6) is -0.0262. The zero-order valence-electron chi connectivity index (χ0n) is 11.8. The van der Waals surface area contributed by atoms with Gasteiger partial charge in [-0.3, -0.25) is 4.79 Å². The lowest BCUT2D eigenvalue weighted by Crippen LogP contribution is -2.33. The number of rotatable bonds is 2. The highest BCUT2D eigenvalue weighted by atomic mass is 79.9. The topological polar surface area (TPSA) is 64.2 Å². The lowest BCUT2D eigenvalue weighted by atomic mass is 10.2. The van der Waals surface area contributed by atoms with Gasteiger partial charge in [-0.05, 0) is 41.4 Å². The Labute approximate surface area is 131 Å². The Hall–Kier alpha value is -1.66. The smallest absolute Gasteiger partial charge is 0.272 e. The molecule has 1 aromatic carbocycles. The number of carbonyl (C=O) groups is 1. The first kappa shape index (κ1) is 14.3. The number of aryl methyl sites for hydroxylation is 1. The Morgan fingerprint density at radius 2 is 2.10 bits per heavy atom. The first-order valence-corrected chi connectivity index (χ1v) is 7.71. The molecule has 1 aromatic heterocycles. The molecule has 0 unspecified atom stereocenters. The molecule has 5 nitrogen and oxygen atoms in total. The Morgan fingerprint density at radius 1 is 1.38 bits per heavy atom. The molecule has 1 atom stereocenters. The summed E-state index contributed by atoms with van der Waals surface area (Å²) in [6.07, 6.45) is 0.853. The van der Waals surface area contributed by atoms with Crippen LogP contribution in [0.15, 0.2) is 34.9 Å². The van der Waals surface area contributed by atoms with E-state index in [9.17, 15) is 4.79 Å². The van der Waals surface area contributed by atoms with Crippen LogP contribution in [-0.2, 0) is 0 Å². The van der Waals surface area contributed by atoms with Crippen molar-refractivity contribution >= 4 is 21.8 Å². The zero-order chi connectivity index (χ0) is 15.0. The molecular weight excluding hydrogens is 332 g/mol. The van der Waals surface area contributed by atoms with Gasteiger partial charge in [-0.2, -0.15) is 5.10 Å². The van der Waals surface area contributed by atoms with Crippen molar-refractivity contribution in [1.82, 2.24) is 14.7 Å². The Kier molecular flexibility index (Phi) is 3.82. The van der Waals surface area contributed by atoms with Crippen molar-refractivity contribution in [3.8, 4) is 5.69 Å². The molecule has 1 amide bonds. The molecule has 0 spiro atoms. The lowest BCUT2D eigenvalue weighted by molar-refractivity contribution is 0.0782. The van der Waals surface area contributed by atoms with Crippen LogP contribution in [0.2, 0.25) is 0 Å². The molecule has 110 valence electrons. The van der Waals surface area contributed by atoms with Gasteiger partial charge in [0.1, 0.15) is 10.3 Å². The van der Waals surface area contributed by atoms with Crippen LogP contribution < -0.4 is 5.73 Å². The number of likely N-dealkylation sites (tertiary alicyclic amines) is 1. The normalized spacial score (nSPS) is 18.2. The number of benzene rings is 1. The first-order valence-electron chi connectivity index (χ1n) is 6.92. The van der Waals surface area contributed by atoms with Crippen LogP contribution in [0.25, 0.3) is 5.69 Å². The third-order valence-electron chi connectivity index (χ3n) is 3.69. The van der Waals surface area contributed by atoms with E-state index in [-0.39, 0.29) is 11.9 Å². The summed E-state index contributed by atoms with van der Waals surface area (Å²) in [6, 6.07) is 9.76. The van der Waals surface area contributed by atoms with E-state index in [1.54, 1.807) is 15.6 Å². The fourth-order valence-corrected chi connectivity index (χ4v) is 2.90. The van der Waals surface area contributed by atoms with Crippen molar-refractivity contribution in [3.63, 3.8) is 0 Å². The average molecular weight is 349 g/mol. The highest BCUT2D eigenvalue weighted by Gasteiger charge is 2.27. The van der Waals surface area contributed by atoms with Crippen molar-refractivity contribution in [2.45, 2.75) is 19.4 Å². The second kappa shape index (κ2) is 5.61. The van der Waals surface area contributed by atoms with Gasteiger partial charge in [0.25, 0.3) is 5.91 Å². The number of hydrogen-bond acceptors (Lipinski definition) is 3. The fraction of sp³-hybridized carbons (Fsp3) is 0.333. The van der Waals surface area contributed by atoms with E-state index >= 15 is 0 Å². The molecule has 1 saturated heterocycles. The molecule has 2 N–H and O–H groups in total. The number of carbonyl (C=O) groups excluding carboxylic acids is 1. The van der Waals surface area contributed by atoms with Gasteiger partial charge in [-0.25, -0.2) is 4.68 Å². The van der Waals surface area contributed by atoms with Crippen molar-refractivity contribution < 1.29 is 4.79 Å². The van der Waals surface area contributed by atoms with E-state index in [1.807, 2.05) is 31.2 Å². The molecular formula is C15H17BrN4O. The molecule has 0 bridgehead atoms. The van der Waals surface area contributed by atoms with Crippen molar-refractivity contribution in [1.29, 1.82) is 0 Å².